The van der Waals surface area contributed by atoms with Crippen LogP contribution in [0.1, 0.15) is 24.8 Å². The van der Waals surface area contributed by atoms with E-state index in [0.29, 0.717) is 18.8 Å². The maximum absolute atomic E-state index is 12.4. The van der Waals surface area contributed by atoms with Gasteiger partial charge >= 0.3 is 5.97 Å². The molecule has 0 aromatic heterocycles. The molecule has 0 bridgehead atoms. The fourth-order valence-electron chi connectivity index (χ4n) is 3.69. The molecule has 1 fully saturated rings. The number of carbonyl (C=O) groups is 2. The monoisotopic (exact) mass is 299 g/mol. The van der Waals surface area contributed by atoms with E-state index in [-0.39, 0.29) is 17.9 Å². The zero-order valence-electron chi connectivity index (χ0n) is 12.8. The van der Waals surface area contributed by atoms with Gasteiger partial charge < -0.3 is 9.64 Å². The van der Waals surface area contributed by atoms with Gasteiger partial charge in [0, 0.05) is 12.5 Å². The molecule has 1 amide bonds. The largest absolute Gasteiger partial charge is 0.467 e. The maximum Gasteiger partial charge on any atom is 0.328 e. The Bertz CT molecular complexity index is 581. The second-order valence-electron chi connectivity index (χ2n) is 6.00. The molecule has 2 heterocycles. The van der Waals surface area contributed by atoms with Crippen LogP contribution in [0.25, 0.3) is 0 Å². The molecule has 1 saturated heterocycles. The van der Waals surface area contributed by atoms with Gasteiger partial charge in [0.1, 0.15) is 6.04 Å². The van der Waals surface area contributed by atoms with Crippen LogP contribution >= 0.6 is 0 Å². The third kappa shape index (κ3) is 2.78. The number of fused-ring (bicyclic) bond motifs is 1. The molecule has 0 N–H and O–H groups in total. The highest BCUT2D eigenvalue weighted by atomic mass is 16.5. The van der Waals surface area contributed by atoms with Crippen molar-refractivity contribution in [1.29, 1.82) is 0 Å². The van der Waals surface area contributed by atoms with E-state index in [1.54, 1.807) is 4.90 Å². The standard InChI is InChI=1S/C18H21NO3/c1-22-18(21)16-12-14(11-13-7-3-2-4-8-13)15-9-5-6-10-17(20)19(15)16/h2-8,14-16H,9-12H2,1H3/t14-,15+,16+/m1/s1. The van der Waals surface area contributed by atoms with Crippen LogP contribution in [0.5, 0.6) is 0 Å². The Balaban J connectivity index is 1.86. The SMILES string of the molecule is COC(=O)[C@@H]1C[C@@H](Cc2ccccc2)[C@@H]2CC=CCC(=O)N12. The minimum Gasteiger partial charge on any atom is -0.467 e. The predicted molar refractivity (Wildman–Crippen MR) is 83.1 cm³/mol. The van der Waals surface area contributed by atoms with Crippen LogP contribution in [0, 0.1) is 5.92 Å². The summed E-state index contributed by atoms with van der Waals surface area (Å²) in [6.45, 7) is 0. The Morgan fingerprint density at radius 3 is 2.77 bits per heavy atom. The Morgan fingerprint density at radius 1 is 1.27 bits per heavy atom. The molecule has 0 saturated carbocycles. The number of hydrogen-bond donors (Lipinski definition) is 0. The van der Waals surface area contributed by atoms with Gasteiger partial charge in [-0.1, -0.05) is 42.5 Å². The van der Waals surface area contributed by atoms with Crippen molar-refractivity contribution in [3.8, 4) is 0 Å². The average molecular weight is 299 g/mol. The number of rotatable bonds is 3. The Labute approximate surface area is 130 Å². The van der Waals surface area contributed by atoms with E-state index < -0.39 is 6.04 Å². The summed E-state index contributed by atoms with van der Waals surface area (Å²) in [7, 11) is 1.39. The molecule has 3 rings (SSSR count). The van der Waals surface area contributed by atoms with E-state index in [4.69, 9.17) is 4.74 Å². The van der Waals surface area contributed by atoms with Crippen molar-refractivity contribution in [2.45, 2.75) is 37.8 Å². The highest BCUT2D eigenvalue weighted by Crippen LogP contribution is 2.36. The van der Waals surface area contributed by atoms with E-state index in [1.807, 2.05) is 24.3 Å². The number of amides is 1. The second kappa shape index (κ2) is 6.34. The van der Waals surface area contributed by atoms with Gasteiger partial charge in [0.25, 0.3) is 0 Å². The zero-order chi connectivity index (χ0) is 15.5. The molecule has 4 nitrogen and oxygen atoms in total. The van der Waals surface area contributed by atoms with Crippen LogP contribution in [-0.2, 0) is 20.7 Å². The molecule has 2 aliphatic heterocycles. The van der Waals surface area contributed by atoms with Gasteiger partial charge in [0.15, 0.2) is 0 Å². The molecule has 1 aromatic carbocycles. The molecule has 2 aliphatic rings. The van der Waals surface area contributed by atoms with Crippen molar-refractivity contribution in [3.63, 3.8) is 0 Å². The van der Waals surface area contributed by atoms with Crippen molar-refractivity contribution < 1.29 is 14.3 Å². The van der Waals surface area contributed by atoms with Gasteiger partial charge in [-0.05, 0) is 30.7 Å². The number of nitrogens with zero attached hydrogens (tertiary/aromatic N) is 1. The number of methoxy groups -OCH3 is 1. The van der Waals surface area contributed by atoms with Gasteiger partial charge in [0.2, 0.25) is 5.91 Å². The molecule has 4 heteroatoms. The van der Waals surface area contributed by atoms with Gasteiger partial charge in [-0.15, -0.1) is 0 Å². The molecule has 3 atom stereocenters. The van der Waals surface area contributed by atoms with E-state index in [0.717, 1.165) is 12.8 Å². The molecule has 0 radical (unpaired) electrons. The Kier molecular flexibility index (Phi) is 4.27. The van der Waals surface area contributed by atoms with E-state index >= 15 is 0 Å². The summed E-state index contributed by atoms with van der Waals surface area (Å²) in [4.78, 5) is 26.3. The van der Waals surface area contributed by atoms with Crippen molar-refractivity contribution >= 4 is 11.9 Å². The Morgan fingerprint density at radius 2 is 2.05 bits per heavy atom. The molecular weight excluding hydrogens is 278 g/mol. The summed E-state index contributed by atoms with van der Waals surface area (Å²) in [6, 6.07) is 9.91. The molecule has 0 unspecified atom stereocenters. The average Bonchev–Trinajstić information content (AvgIpc) is 2.78. The van der Waals surface area contributed by atoms with Gasteiger partial charge in [-0.25, -0.2) is 4.79 Å². The maximum atomic E-state index is 12.4. The van der Waals surface area contributed by atoms with Crippen LogP contribution in [0.2, 0.25) is 0 Å². The smallest absolute Gasteiger partial charge is 0.328 e. The lowest BCUT2D eigenvalue weighted by Gasteiger charge is -2.28. The minimum atomic E-state index is -0.434. The van der Waals surface area contributed by atoms with E-state index in [9.17, 15) is 9.59 Å². The minimum absolute atomic E-state index is 0.0321. The predicted octanol–water partition coefficient (Wildman–Crippen LogP) is 2.34. The highest BCUT2D eigenvalue weighted by Gasteiger charge is 2.46. The third-order valence-electron chi connectivity index (χ3n) is 4.70. The van der Waals surface area contributed by atoms with Crippen LogP contribution in [0.3, 0.4) is 0 Å². The normalized spacial score (nSPS) is 27.4. The molecule has 0 spiro atoms. The lowest BCUT2D eigenvalue weighted by Crippen LogP contribution is -2.45. The summed E-state index contributed by atoms with van der Waals surface area (Å²) in [6.07, 6.45) is 6.75. The van der Waals surface area contributed by atoms with Crippen LogP contribution in [0.4, 0.5) is 0 Å². The molecule has 22 heavy (non-hydrogen) atoms. The molecule has 0 aliphatic carbocycles. The molecule has 1 aromatic rings. The van der Waals surface area contributed by atoms with Crippen LogP contribution < -0.4 is 0 Å². The van der Waals surface area contributed by atoms with Crippen molar-refractivity contribution in [3.05, 3.63) is 48.0 Å². The van der Waals surface area contributed by atoms with Crippen LogP contribution in [0.15, 0.2) is 42.5 Å². The number of ether oxygens (including phenoxy) is 1. The van der Waals surface area contributed by atoms with E-state index in [1.165, 1.54) is 12.7 Å². The lowest BCUT2D eigenvalue weighted by atomic mass is 9.90. The van der Waals surface area contributed by atoms with E-state index in [2.05, 4.69) is 18.2 Å². The fourth-order valence-corrected chi connectivity index (χ4v) is 3.69. The second-order valence-corrected chi connectivity index (χ2v) is 6.00. The molecule has 116 valence electrons. The molecular formula is C18H21NO3. The summed E-state index contributed by atoms with van der Waals surface area (Å²) in [5.41, 5.74) is 1.25. The highest BCUT2D eigenvalue weighted by molar-refractivity contribution is 5.86. The van der Waals surface area contributed by atoms with Crippen molar-refractivity contribution in [2.75, 3.05) is 7.11 Å². The quantitative estimate of drug-likeness (QED) is 0.636. The van der Waals surface area contributed by atoms with Crippen LogP contribution in [-0.4, -0.2) is 36.0 Å². The van der Waals surface area contributed by atoms with Crippen molar-refractivity contribution in [2.24, 2.45) is 5.92 Å². The number of benzene rings is 1. The third-order valence-corrected chi connectivity index (χ3v) is 4.70. The number of esters is 1. The summed E-state index contributed by atoms with van der Waals surface area (Å²) in [5.74, 6) is 0.0266. The fraction of sp³-hybridized carbons (Fsp3) is 0.444. The first-order valence-electron chi connectivity index (χ1n) is 7.78. The summed E-state index contributed by atoms with van der Waals surface area (Å²) < 4.78 is 4.92. The first kappa shape index (κ1) is 14.8. The van der Waals surface area contributed by atoms with Gasteiger partial charge in [-0.3, -0.25) is 4.79 Å². The first-order valence-corrected chi connectivity index (χ1v) is 7.78. The topological polar surface area (TPSA) is 46.6 Å². The van der Waals surface area contributed by atoms with Gasteiger partial charge in [-0.2, -0.15) is 0 Å². The first-order chi connectivity index (χ1) is 10.7. The van der Waals surface area contributed by atoms with Crippen molar-refractivity contribution in [1.82, 2.24) is 4.90 Å². The summed E-state index contributed by atoms with van der Waals surface area (Å²) >= 11 is 0. The number of hydrogen-bond acceptors (Lipinski definition) is 3. The summed E-state index contributed by atoms with van der Waals surface area (Å²) in [5, 5.41) is 0. The number of carbonyl (C=O) groups excluding carboxylic acids is 2. The van der Waals surface area contributed by atoms with Gasteiger partial charge in [0.05, 0.1) is 7.11 Å². The lowest BCUT2D eigenvalue weighted by molar-refractivity contribution is -0.151. The zero-order valence-corrected chi connectivity index (χ0v) is 12.8. The Hall–Kier alpha value is -2.10.